The Labute approximate surface area is 92.0 Å². The summed E-state index contributed by atoms with van der Waals surface area (Å²) in [5.74, 6) is 0.687. The van der Waals surface area contributed by atoms with Crippen molar-refractivity contribution in [2.24, 2.45) is 5.73 Å². The van der Waals surface area contributed by atoms with Crippen molar-refractivity contribution in [3.63, 3.8) is 0 Å². The average Bonchev–Trinajstić information content (AvgIpc) is 2.18. The molecule has 3 nitrogen and oxygen atoms in total. The van der Waals surface area contributed by atoms with Crippen molar-refractivity contribution in [2.45, 2.75) is 12.5 Å². The second-order valence-electron chi connectivity index (χ2n) is 3.42. The number of aliphatic hydroxyl groups excluding tert-OH is 1. The summed E-state index contributed by atoms with van der Waals surface area (Å²) in [6.07, 6.45) is 0. The summed E-state index contributed by atoms with van der Waals surface area (Å²) in [6.45, 7) is 1.64. The second kappa shape index (κ2) is 4.29. The smallest absolute Gasteiger partial charge is 0.124 e. The van der Waals surface area contributed by atoms with Crippen molar-refractivity contribution in [1.29, 1.82) is 0 Å². The standard InChI is InChI=1S/C10H14BrNO2/c1-10(12,6-13)8-5-7(11)3-4-9(8)14-2/h3-5,13H,6,12H2,1-2H3/t10-/m1/s1. The maximum Gasteiger partial charge on any atom is 0.124 e. The Kier molecular flexibility index (Phi) is 3.53. The van der Waals surface area contributed by atoms with E-state index in [9.17, 15) is 0 Å². The molecule has 4 heteroatoms. The van der Waals surface area contributed by atoms with Gasteiger partial charge in [-0.2, -0.15) is 0 Å². The lowest BCUT2D eigenvalue weighted by molar-refractivity contribution is 0.206. The zero-order valence-electron chi connectivity index (χ0n) is 8.25. The minimum absolute atomic E-state index is 0.125. The van der Waals surface area contributed by atoms with E-state index in [-0.39, 0.29) is 6.61 Å². The van der Waals surface area contributed by atoms with Gasteiger partial charge >= 0.3 is 0 Å². The Morgan fingerprint density at radius 3 is 2.71 bits per heavy atom. The van der Waals surface area contributed by atoms with Gasteiger partial charge in [0.1, 0.15) is 5.75 Å². The zero-order chi connectivity index (χ0) is 10.8. The monoisotopic (exact) mass is 259 g/mol. The molecule has 0 aliphatic heterocycles. The lowest BCUT2D eigenvalue weighted by Crippen LogP contribution is -2.37. The highest BCUT2D eigenvalue weighted by Crippen LogP contribution is 2.30. The van der Waals surface area contributed by atoms with Crippen LogP contribution in [0.4, 0.5) is 0 Å². The van der Waals surface area contributed by atoms with E-state index < -0.39 is 5.54 Å². The van der Waals surface area contributed by atoms with Gasteiger partial charge in [-0.25, -0.2) is 0 Å². The number of nitrogens with two attached hydrogens (primary N) is 1. The third-order valence-electron chi connectivity index (χ3n) is 2.11. The van der Waals surface area contributed by atoms with E-state index in [0.717, 1.165) is 10.0 Å². The van der Waals surface area contributed by atoms with Crippen molar-refractivity contribution >= 4 is 15.9 Å². The van der Waals surface area contributed by atoms with Crippen LogP contribution in [0.25, 0.3) is 0 Å². The predicted octanol–water partition coefficient (Wildman–Crippen LogP) is 1.62. The maximum atomic E-state index is 9.16. The van der Waals surface area contributed by atoms with Crippen LogP contribution in [0.2, 0.25) is 0 Å². The molecule has 1 aromatic rings. The fraction of sp³-hybridized carbons (Fsp3) is 0.400. The van der Waals surface area contributed by atoms with Gasteiger partial charge in [0.25, 0.3) is 0 Å². The van der Waals surface area contributed by atoms with E-state index in [4.69, 9.17) is 15.6 Å². The zero-order valence-corrected chi connectivity index (χ0v) is 9.84. The average molecular weight is 260 g/mol. The van der Waals surface area contributed by atoms with E-state index in [2.05, 4.69) is 15.9 Å². The van der Waals surface area contributed by atoms with Gasteiger partial charge in [0, 0.05) is 10.0 Å². The molecular formula is C10H14BrNO2. The molecule has 0 radical (unpaired) electrons. The normalized spacial score (nSPS) is 14.9. The largest absolute Gasteiger partial charge is 0.496 e. The first-order valence-electron chi connectivity index (χ1n) is 4.25. The van der Waals surface area contributed by atoms with Gasteiger partial charge < -0.3 is 15.6 Å². The van der Waals surface area contributed by atoms with E-state index in [0.29, 0.717) is 5.75 Å². The summed E-state index contributed by atoms with van der Waals surface area (Å²) in [4.78, 5) is 0. The first-order valence-corrected chi connectivity index (χ1v) is 5.04. The van der Waals surface area contributed by atoms with Crippen LogP contribution < -0.4 is 10.5 Å². The molecule has 0 saturated carbocycles. The number of hydrogen-bond donors (Lipinski definition) is 2. The second-order valence-corrected chi connectivity index (χ2v) is 4.34. The molecule has 0 amide bonds. The Hall–Kier alpha value is -0.580. The van der Waals surface area contributed by atoms with Gasteiger partial charge in [-0.1, -0.05) is 15.9 Å². The highest BCUT2D eigenvalue weighted by Gasteiger charge is 2.24. The van der Waals surface area contributed by atoms with Gasteiger partial charge in [0.15, 0.2) is 0 Å². The van der Waals surface area contributed by atoms with Crippen LogP contribution in [0, 0.1) is 0 Å². The summed E-state index contributed by atoms with van der Waals surface area (Å²) in [7, 11) is 1.58. The predicted molar refractivity (Wildman–Crippen MR) is 59.3 cm³/mol. The fourth-order valence-electron chi connectivity index (χ4n) is 1.21. The topological polar surface area (TPSA) is 55.5 Å². The van der Waals surface area contributed by atoms with Crippen LogP contribution in [-0.2, 0) is 5.54 Å². The third kappa shape index (κ3) is 2.26. The van der Waals surface area contributed by atoms with Crippen molar-refractivity contribution in [3.05, 3.63) is 28.2 Å². The Bertz CT molecular complexity index is 326. The highest BCUT2D eigenvalue weighted by molar-refractivity contribution is 9.10. The van der Waals surface area contributed by atoms with Crippen molar-refractivity contribution in [3.8, 4) is 5.75 Å². The molecule has 3 N–H and O–H groups in total. The molecule has 1 atom stereocenters. The molecule has 0 fully saturated rings. The van der Waals surface area contributed by atoms with Gasteiger partial charge in [0.05, 0.1) is 19.3 Å². The summed E-state index contributed by atoms with van der Waals surface area (Å²) in [5, 5.41) is 9.16. The number of halogens is 1. The molecule has 1 aromatic carbocycles. The molecule has 0 aliphatic rings. The molecule has 0 bridgehead atoms. The first kappa shape index (κ1) is 11.5. The summed E-state index contributed by atoms with van der Waals surface area (Å²) < 4.78 is 6.09. The van der Waals surface area contributed by atoms with Crippen molar-refractivity contribution in [1.82, 2.24) is 0 Å². The molecule has 0 unspecified atom stereocenters. The SMILES string of the molecule is COc1ccc(Br)cc1[C@](C)(N)CO. The van der Waals surface area contributed by atoms with E-state index in [1.807, 2.05) is 18.2 Å². The molecule has 0 aromatic heterocycles. The maximum absolute atomic E-state index is 9.16. The molecule has 0 heterocycles. The lowest BCUT2D eigenvalue weighted by atomic mass is 9.93. The summed E-state index contributed by atoms with van der Waals surface area (Å²) in [5.41, 5.74) is 5.94. The number of methoxy groups -OCH3 is 1. The van der Waals surface area contributed by atoms with Crippen LogP contribution in [0.15, 0.2) is 22.7 Å². The molecular weight excluding hydrogens is 246 g/mol. The van der Waals surface area contributed by atoms with Gasteiger partial charge in [-0.15, -0.1) is 0 Å². The van der Waals surface area contributed by atoms with Crippen LogP contribution in [0.5, 0.6) is 5.75 Å². The number of rotatable bonds is 3. The molecule has 0 aliphatic carbocycles. The van der Waals surface area contributed by atoms with Crippen molar-refractivity contribution < 1.29 is 9.84 Å². The van der Waals surface area contributed by atoms with Crippen LogP contribution in [-0.4, -0.2) is 18.8 Å². The molecule has 0 saturated heterocycles. The number of hydrogen-bond acceptors (Lipinski definition) is 3. The minimum atomic E-state index is -0.783. The van der Waals surface area contributed by atoms with E-state index in [1.54, 1.807) is 14.0 Å². The molecule has 78 valence electrons. The molecule has 0 spiro atoms. The van der Waals surface area contributed by atoms with E-state index in [1.165, 1.54) is 0 Å². The van der Waals surface area contributed by atoms with Gasteiger partial charge in [-0.05, 0) is 25.1 Å². The number of aliphatic hydroxyl groups is 1. The van der Waals surface area contributed by atoms with Crippen LogP contribution in [0.3, 0.4) is 0 Å². The summed E-state index contributed by atoms with van der Waals surface area (Å²) in [6, 6.07) is 5.55. The van der Waals surface area contributed by atoms with Crippen molar-refractivity contribution in [2.75, 3.05) is 13.7 Å². The Morgan fingerprint density at radius 2 is 2.21 bits per heavy atom. The quantitative estimate of drug-likeness (QED) is 0.868. The number of benzene rings is 1. The molecule has 14 heavy (non-hydrogen) atoms. The van der Waals surface area contributed by atoms with Crippen LogP contribution in [0.1, 0.15) is 12.5 Å². The Morgan fingerprint density at radius 1 is 1.57 bits per heavy atom. The third-order valence-corrected chi connectivity index (χ3v) is 2.60. The Balaban J connectivity index is 3.23. The van der Waals surface area contributed by atoms with Gasteiger partial charge in [0.2, 0.25) is 0 Å². The van der Waals surface area contributed by atoms with Gasteiger partial charge in [-0.3, -0.25) is 0 Å². The number of ether oxygens (including phenoxy) is 1. The fourth-order valence-corrected chi connectivity index (χ4v) is 1.57. The summed E-state index contributed by atoms with van der Waals surface area (Å²) >= 11 is 3.35. The lowest BCUT2D eigenvalue weighted by Gasteiger charge is -2.24. The minimum Gasteiger partial charge on any atom is -0.496 e. The first-order chi connectivity index (χ1) is 6.51. The highest BCUT2D eigenvalue weighted by atomic mass is 79.9. The van der Waals surface area contributed by atoms with E-state index >= 15 is 0 Å². The van der Waals surface area contributed by atoms with Crippen LogP contribution >= 0.6 is 15.9 Å². The molecule has 1 rings (SSSR count).